The molecule has 0 amide bonds. The topological polar surface area (TPSA) is 50.7 Å². The van der Waals surface area contributed by atoms with Crippen LogP contribution in [0.25, 0.3) is 0 Å². The van der Waals surface area contributed by atoms with Crippen LogP contribution < -0.4 is 5.32 Å². The third-order valence-corrected chi connectivity index (χ3v) is 3.63. The van der Waals surface area contributed by atoms with Gasteiger partial charge in [0.05, 0.1) is 19.3 Å². The van der Waals surface area contributed by atoms with E-state index in [1.54, 1.807) is 0 Å². The molecule has 0 spiro atoms. The van der Waals surface area contributed by atoms with Crippen molar-refractivity contribution in [2.75, 3.05) is 26.4 Å². The number of aliphatic hydroxyl groups is 1. The Morgan fingerprint density at radius 2 is 1.88 bits per heavy atom. The van der Waals surface area contributed by atoms with Gasteiger partial charge in [0.25, 0.3) is 0 Å². The van der Waals surface area contributed by atoms with Gasteiger partial charge < -0.3 is 19.9 Å². The fraction of sp³-hybridized carbons (Fsp3) is 1.00. The predicted molar refractivity (Wildman–Crippen MR) is 61.1 cm³/mol. The van der Waals surface area contributed by atoms with Crippen LogP contribution in [0, 0.1) is 5.41 Å². The summed E-state index contributed by atoms with van der Waals surface area (Å²) < 4.78 is 11.2. The van der Waals surface area contributed by atoms with Gasteiger partial charge in [0, 0.05) is 13.2 Å². The number of aliphatic hydroxyl groups excluding tert-OH is 1. The minimum absolute atomic E-state index is 0.296. The van der Waals surface area contributed by atoms with Crippen molar-refractivity contribution in [1.82, 2.24) is 5.32 Å². The van der Waals surface area contributed by atoms with Gasteiger partial charge in [-0.15, -0.1) is 0 Å². The molecule has 2 fully saturated rings. The van der Waals surface area contributed by atoms with Gasteiger partial charge in [-0.1, -0.05) is 0 Å². The van der Waals surface area contributed by atoms with Crippen LogP contribution in [0.4, 0.5) is 0 Å². The van der Waals surface area contributed by atoms with Crippen molar-refractivity contribution in [2.24, 2.45) is 5.41 Å². The summed E-state index contributed by atoms with van der Waals surface area (Å²) in [5.74, 6) is -0.430. The third-order valence-electron chi connectivity index (χ3n) is 3.63. The van der Waals surface area contributed by atoms with Gasteiger partial charge in [-0.05, 0) is 38.5 Å². The molecule has 1 heterocycles. The molecule has 0 unspecified atom stereocenters. The van der Waals surface area contributed by atoms with Gasteiger partial charge >= 0.3 is 0 Å². The lowest BCUT2D eigenvalue weighted by molar-refractivity contribution is -0.253. The maximum absolute atomic E-state index is 8.97. The van der Waals surface area contributed by atoms with E-state index in [9.17, 15) is 0 Å². The lowest BCUT2D eigenvalue weighted by Crippen LogP contribution is -2.49. The lowest BCUT2D eigenvalue weighted by Gasteiger charge is -2.35. The zero-order valence-corrected chi connectivity index (χ0v) is 10.3. The van der Waals surface area contributed by atoms with Crippen molar-refractivity contribution in [2.45, 2.75) is 44.9 Å². The van der Waals surface area contributed by atoms with E-state index < -0.39 is 5.79 Å². The Labute approximate surface area is 97.3 Å². The van der Waals surface area contributed by atoms with Crippen LogP contribution in [-0.4, -0.2) is 43.3 Å². The number of ether oxygens (including phenoxy) is 2. The highest BCUT2D eigenvalue weighted by Crippen LogP contribution is 2.48. The molecule has 0 bridgehead atoms. The monoisotopic (exact) mass is 229 g/mol. The Bertz CT molecular complexity index is 228. The largest absolute Gasteiger partial charge is 0.396 e. The van der Waals surface area contributed by atoms with Gasteiger partial charge in [0.1, 0.15) is 0 Å². The van der Waals surface area contributed by atoms with Crippen molar-refractivity contribution in [3.8, 4) is 0 Å². The zero-order chi connectivity index (χ0) is 11.6. The summed E-state index contributed by atoms with van der Waals surface area (Å²) in [5, 5.41) is 12.5. The van der Waals surface area contributed by atoms with Gasteiger partial charge in [0.2, 0.25) is 0 Å². The molecule has 4 nitrogen and oxygen atoms in total. The van der Waals surface area contributed by atoms with E-state index in [1.165, 1.54) is 12.8 Å². The van der Waals surface area contributed by atoms with Gasteiger partial charge in [0.15, 0.2) is 5.79 Å². The van der Waals surface area contributed by atoms with E-state index in [-0.39, 0.29) is 0 Å². The van der Waals surface area contributed by atoms with E-state index in [1.807, 2.05) is 13.8 Å². The fourth-order valence-electron chi connectivity index (χ4n) is 2.10. The van der Waals surface area contributed by atoms with Crippen molar-refractivity contribution in [1.29, 1.82) is 0 Å². The molecule has 1 aliphatic carbocycles. The molecule has 4 heteroatoms. The SMILES string of the molecule is CC1(C)OCC(NCC2(CCO)CC2)CO1. The molecule has 0 aromatic rings. The Kier molecular flexibility index (Phi) is 3.54. The smallest absolute Gasteiger partial charge is 0.162 e. The second-order valence-electron chi connectivity index (χ2n) is 5.57. The van der Waals surface area contributed by atoms with Gasteiger partial charge in [-0.25, -0.2) is 0 Å². The molecular formula is C12H23NO3. The van der Waals surface area contributed by atoms with Crippen molar-refractivity contribution < 1.29 is 14.6 Å². The molecule has 2 N–H and O–H groups in total. The van der Waals surface area contributed by atoms with E-state index >= 15 is 0 Å². The number of hydrogen-bond acceptors (Lipinski definition) is 4. The molecule has 2 aliphatic rings. The number of hydrogen-bond donors (Lipinski definition) is 2. The molecule has 0 atom stereocenters. The van der Waals surface area contributed by atoms with Crippen LogP contribution in [0.2, 0.25) is 0 Å². The maximum Gasteiger partial charge on any atom is 0.162 e. The van der Waals surface area contributed by atoms with Crippen molar-refractivity contribution >= 4 is 0 Å². The maximum atomic E-state index is 8.97. The van der Waals surface area contributed by atoms with Crippen LogP contribution in [0.1, 0.15) is 33.1 Å². The molecule has 0 radical (unpaired) electrons. The van der Waals surface area contributed by atoms with E-state index in [4.69, 9.17) is 14.6 Å². The van der Waals surface area contributed by atoms with Crippen LogP contribution in [-0.2, 0) is 9.47 Å². The summed E-state index contributed by atoms with van der Waals surface area (Å²) >= 11 is 0. The molecule has 1 aliphatic heterocycles. The summed E-state index contributed by atoms with van der Waals surface area (Å²) in [6, 6.07) is 0.296. The first kappa shape index (κ1) is 12.3. The van der Waals surface area contributed by atoms with Crippen LogP contribution in [0.5, 0.6) is 0 Å². The Morgan fingerprint density at radius 3 is 2.38 bits per heavy atom. The number of rotatable bonds is 5. The minimum atomic E-state index is -0.430. The Hall–Kier alpha value is -0.160. The summed E-state index contributed by atoms with van der Waals surface area (Å²) in [4.78, 5) is 0. The second-order valence-corrected chi connectivity index (χ2v) is 5.57. The van der Waals surface area contributed by atoms with E-state index in [2.05, 4.69) is 5.32 Å². The first-order valence-corrected chi connectivity index (χ1v) is 6.17. The highest BCUT2D eigenvalue weighted by Gasteiger charge is 2.42. The molecule has 1 saturated carbocycles. The highest BCUT2D eigenvalue weighted by molar-refractivity contribution is 4.95. The quantitative estimate of drug-likeness (QED) is 0.735. The molecule has 0 aromatic carbocycles. The van der Waals surface area contributed by atoms with Crippen LogP contribution in [0.15, 0.2) is 0 Å². The summed E-state index contributed by atoms with van der Waals surface area (Å²) in [6.45, 7) is 6.58. The standard InChI is InChI=1S/C12H23NO3/c1-11(2)15-7-10(8-16-11)13-9-12(3-4-12)5-6-14/h10,13-14H,3-9H2,1-2H3. The fourth-order valence-corrected chi connectivity index (χ4v) is 2.10. The molecule has 94 valence electrons. The number of nitrogens with one attached hydrogen (secondary N) is 1. The lowest BCUT2D eigenvalue weighted by atomic mass is 10.0. The zero-order valence-electron chi connectivity index (χ0n) is 10.3. The molecule has 2 rings (SSSR count). The molecular weight excluding hydrogens is 206 g/mol. The Balaban J connectivity index is 1.68. The average Bonchev–Trinajstić information content (AvgIpc) is 2.98. The summed E-state index contributed by atoms with van der Waals surface area (Å²) in [5.41, 5.74) is 0.363. The Morgan fingerprint density at radius 1 is 1.25 bits per heavy atom. The summed E-state index contributed by atoms with van der Waals surface area (Å²) in [7, 11) is 0. The van der Waals surface area contributed by atoms with Gasteiger partial charge in [-0.3, -0.25) is 0 Å². The first-order valence-electron chi connectivity index (χ1n) is 6.17. The normalized spacial score (nSPS) is 27.9. The average molecular weight is 229 g/mol. The molecule has 0 aromatic heterocycles. The predicted octanol–water partition coefficient (Wildman–Crippen LogP) is 0.890. The van der Waals surface area contributed by atoms with Crippen LogP contribution >= 0.6 is 0 Å². The van der Waals surface area contributed by atoms with E-state index in [0.29, 0.717) is 31.3 Å². The first-order chi connectivity index (χ1) is 7.55. The van der Waals surface area contributed by atoms with Crippen molar-refractivity contribution in [3.63, 3.8) is 0 Å². The van der Waals surface area contributed by atoms with Gasteiger partial charge in [-0.2, -0.15) is 0 Å². The van der Waals surface area contributed by atoms with Crippen LogP contribution in [0.3, 0.4) is 0 Å². The second kappa shape index (κ2) is 4.61. The van der Waals surface area contributed by atoms with E-state index in [0.717, 1.165) is 13.0 Å². The minimum Gasteiger partial charge on any atom is -0.396 e. The molecule has 1 saturated heterocycles. The third kappa shape index (κ3) is 3.17. The van der Waals surface area contributed by atoms with Crippen molar-refractivity contribution in [3.05, 3.63) is 0 Å². The summed E-state index contributed by atoms with van der Waals surface area (Å²) in [6.07, 6.45) is 3.39. The highest BCUT2D eigenvalue weighted by atomic mass is 16.7. The molecule has 16 heavy (non-hydrogen) atoms.